The van der Waals surface area contributed by atoms with Crippen LogP contribution in [0, 0.1) is 0 Å². The van der Waals surface area contributed by atoms with Crippen molar-refractivity contribution in [3.05, 3.63) is 22.4 Å². The largest absolute Gasteiger partial charge is 0.386 e. The van der Waals surface area contributed by atoms with E-state index in [9.17, 15) is 5.11 Å². The van der Waals surface area contributed by atoms with Gasteiger partial charge in [-0.3, -0.25) is 0 Å². The van der Waals surface area contributed by atoms with Gasteiger partial charge in [-0.15, -0.1) is 11.3 Å². The van der Waals surface area contributed by atoms with Crippen LogP contribution in [-0.4, -0.2) is 31.4 Å². The van der Waals surface area contributed by atoms with Crippen LogP contribution in [0.1, 0.15) is 30.7 Å². The van der Waals surface area contributed by atoms with Crippen molar-refractivity contribution in [2.75, 3.05) is 26.3 Å². The van der Waals surface area contributed by atoms with Crippen LogP contribution >= 0.6 is 11.3 Å². The maximum Gasteiger partial charge on any atom is 0.101 e. The third-order valence-corrected chi connectivity index (χ3v) is 3.25. The minimum Gasteiger partial charge on any atom is -0.386 e. The lowest BCUT2D eigenvalue weighted by Gasteiger charge is -2.10. The van der Waals surface area contributed by atoms with Crippen LogP contribution in [0.25, 0.3) is 0 Å². The number of nitrogens with one attached hydrogen (secondary N) is 1. The predicted octanol–water partition coefficient (Wildman–Crippen LogP) is 2.19. The molecule has 2 N–H and O–H groups in total. The Labute approximate surface area is 101 Å². The fourth-order valence-corrected chi connectivity index (χ4v) is 2.02. The molecule has 1 aromatic rings. The first kappa shape index (κ1) is 13.6. The van der Waals surface area contributed by atoms with Crippen LogP contribution in [0.15, 0.2) is 17.5 Å². The number of aliphatic hydroxyl groups is 1. The van der Waals surface area contributed by atoms with Gasteiger partial charge < -0.3 is 15.2 Å². The number of thiophene rings is 1. The average molecular weight is 243 g/mol. The van der Waals surface area contributed by atoms with Gasteiger partial charge in [-0.1, -0.05) is 19.4 Å². The summed E-state index contributed by atoms with van der Waals surface area (Å²) < 4.78 is 5.41. The van der Waals surface area contributed by atoms with E-state index in [4.69, 9.17) is 4.74 Å². The summed E-state index contributed by atoms with van der Waals surface area (Å²) in [5.41, 5.74) is 0. The Hall–Kier alpha value is -0.420. The van der Waals surface area contributed by atoms with Gasteiger partial charge in [0, 0.05) is 24.6 Å². The molecule has 4 heteroatoms. The molecule has 0 aliphatic rings. The van der Waals surface area contributed by atoms with Gasteiger partial charge in [0.2, 0.25) is 0 Å². The highest BCUT2D eigenvalue weighted by atomic mass is 32.1. The zero-order chi connectivity index (χ0) is 11.6. The molecule has 0 saturated heterocycles. The second-order valence-corrected chi connectivity index (χ2v) is 4.68. The number of hydrogen-bond donors (Lipinski definition) is 2. The van der Waals surface area contributed by atoms with Crippen molar-refractivity contribution in [2.24, 2.45) is 0 Å². The van der Waals surface area contributed by atoms with Crippen LogP contribution in [0.3, 0.4) is 0 Å². The fourth-order valence-electron chi connectivity index (χ4n) is 1.31. The van der Waals surface area contributed by atoms with E-state index in [-0.39, 0.29) is 0 Å². The first-order chi connectivity index (χ1) is 7.84. The molecule has 16 heavy (non-hydrogen) atoms. The van der Waals surface area contributed by atoms with E-state index in [2.05, 4.69) is 12.2 Å². The lowest BCUT2D eigenvalue weighted by molar-refractivity contribution is 0.126. The summed E-state index contributed by atoms with van der Waals surface area (Å²) in [6.07, 6.45) is 1.90. The van der Waals surface area contributed by atoms with E-state index in [1.807, 2.05) is 17.5 Å². The van der Waals surface area contributed by atoms with Crippen molar-refractivity contribution in [3.63, 3.8) is 0 Å². The summed E-state index contributed by atoms with van der Waals surface area (Å²) >= 11 is 1.58. The lowest BCUT2D eigenvalue weighted by atomic mass is 10.3. The van der Waals surface area contributed by atoms with Gasteiger partial charge in [-0.05, 0) is 17.9 Å². The Balaban J connectivity index is 1.95. The van der Waals surface area contributed by atoms with Crippen LogP contribution in [-0.2, 0) is 4.74 Å². The van der Waals surface area contributed by atoms with Gasteiger partial charge in [-0.2, -0.15) is 0 Å². The fraction of sp³-hybridized carbons (Fsp3) is 0.667. The number of aliphatic hydroxyl groups excluding tert-OH is 1. The molecule has 1 rings (SSSR count). The monoisotopic (exact) mass is 243 g/mol. The molecule has 1 atom stereocenters. The Bertz CT molecular complexity index is 252. The number of ether oxygens (including phenoxy) is 1. The Morgan fingerprint density at radius 3 is 3.06 bits per heavy atom. The summed E-state index contributed by atoms with van der Waals surface area (Å²) in [7, 11) is 0. The average Bonchev–Trinajstić information content (AvgIpc) is 2.81. The van der Waals surface area contributed by atoms with Crippen molar-refractivity contribution >= 4 is 11.3 Å². The van der Waals surface area contributed by atoms with E-state index >= 15 is 0 Å². The molecule has 0 bridgehead atoms. The summed E-state index contributed by atoms with van der Waals surface area (Å²) in [6, 6.07) is 3.91. The van der Waals surface area contributed by atoms with Gasteiger partial charge in [0.1, 0.15) is 6.10 Å². The number of rotatable bonds is 9. The molecule has 0 radical (unpaired) electrons. The first-order valence-electron chi connectivity index (χ1n) is 5.84. The molecule has 3 nitrogen and oxygen atoms in total. The quantitative estimate of drug-likeness (QED) is 0.653. The topological polar surface area (TPSA) is 41.5 Å². The zero-order valence-electron chi connectivity index (χ0n) is 9.82. The van der Waals surface area contributed by atoms with Crippen molar-refractivity contribution in [1.29, 1.82) is 0 Å². The van der Waals surface area contributed by atoms with Gasteiger partial charge in [-0.25, -0.2) is 0 Å². The highest BCUT2D eigenvalue weighted by Crippen LogP contribution is 2.17. The molecule has 1 unspecified atom stereocenters. The van der Waals surface area contributed by atoms with Gasteiger partial charge >= 0.3 is 0 Å². The second-order valence-electron chi connectivity index (χ2n) is 3.70. The molecule has 1 heterocycles. The van der Waals surface area contributed by atoms with E-state index in [0.717, 1.165) is 31.1 Å². The summed E-state index contributed by atoms with van der Waals surface area (Å²) in [5, 5.41) is 14.9. The zero-order valence-corrected chi connectivity index (χ0v) is 10.6. The van der Waals surface area contributed by atoms with E-state index < -0.39 is 6.10 Å². The van der Waals surface area contributed by atoms with E-state index in [1.54, 1.807) is 11.3 Å². The highest BCUT2D eigenvalue weighted by Gasteiger charge is 2.06. The molecule has 1 aromatic heterocycles. The molecule has 92 valence electrons. The van der Waals surface area contributed by atoms with Gasteiger partial charge in [0.15, 0.2) is 0 Å². The van der Waals surface area contributed by atoms with Crippen LogP contribution in [0.5, 0.6) is 0 Å². The van der Waals surface area contributed by atoms with Crippen LogP contribution in [0.2, 0.25) is 0 Å². The molecule has 0 fully saturated rings. The minimum absolute atomic E-state index is 0.393. The summed E-state index contributed by atoms with van der Waals surface area (Å²) in [4.78, 5) is 1.01. The van der Waals surface area contributed by atoms with Crippen LogP contribution in [0.4, 0.5) is 0 Å². The third kappa shape index (κ3) is 5.61. The highest BCUT2D eigenvalue weighted by molar-refractivity contribution is 7.10. The Morgan fingerprint density at radius 2 is 2.38 bits per heavy atom. The smallest absolute Gasteiger partial charge is 0.101 e. The SMILES string of the molecule is CCCCOCCNCC(O)c1cccs1. The molecule has 0 saturated carbocycles. The normalized spacial score (nSPS) is 12.9. The van der Waals surface area contributed by atoms with Crippen LogP contribution < -0.4 is 5.32 Å². The van der Waals surface area contributed by atoms with Crippen molar-refractivity contribution in [2.45, 2.75) is 25.9 Å². The Morgan fingerprint density at radius 1 is 1.50 bits per heavy atom. The predicted molar refractivity (Wildman–Crippen MR) is 67.9 cm³/mol. The van der Waals surface area contributed by atoms with Crippen molar-refractivity contribution in [1.82, 2.24) is 5.32 Å². The standard InChI is InChI=1S/C12H21NO2S/c1-2-3-7-15-8-6-13-10-11(14)12-5-4-9-16-12/h4-5,9,11,13-14H,2-3,6-8,10H2,1H3. The van der Waals surface area contributed by atoms with Crippen molar-refractivity contribution < 1.29 is 9.84 Å². The van der Waals surface area contributed by atoms with Gasteiger partial charge in [0.25, 0.3) is 0 Å². The van der Waals surface area contributed by atoms with Crippen molar-refractivity contribution in [3.8, 4) is 0 Å². The second kappa shape index (κ2) is 8.70. The molecule has 0 aromatic carbocycles. The first-order valence-corrected chi connectivity index (χ1v) is 6.72. The third-order valence-electron chi connectivity index (χ3n) is 2.27. The molecule has 0 spiro atoms. The Kier molecular flexibility index (Phi) is 7.42. The molecule has 0 aliphatic carbocycles. The molecular weight excluding hydrogens is 222 g/mol. The number of hydrogen-bond acceptors (Lipinski definition) is 4. The molecule has 0 amide bonds. The van der Waals surface area contributed by atoms with E-state index in [0.29, 0.717) is 6.54 Å². The van der Waals surface area contributed by atoms with Gasteiger partial charge in [0.05, 0.1) is 6.61 Å². The maximum atomic E-state index is 9.76. The molecule has 0 aliphatic heterocycles. The molecular formula is C12H21NO2S. The number of unbranched alkanes of at least 4 members (excludes halogenated alkanes) is 1. The maximum absolute atomic E-state index is 9.76. The lowest BCUT2D eigenvalue weighted by Crippen LogP contribution is -2.25. The summed E-state index contributed by atoms with van der Waals surface area (Å²) in [5.74, 6) is 0. The summed E-state index contributed by atoms with van der Waals surface area (Å²) in [6.45, 7) is 5.10. The minimum atomic E-state index is -0.393. The van der Waals surface area contributed by atoms with E-state index in [1.165, 1.54) is 6.42 Å².